The van der Waals surface area contributed by atoms with E-state index >= 15 is 0 Å². The van der Waals surface area contributed by atoms with Gasteiger partial charge in [-0.25, -0.2) is 0 Å². The molecule has 1 nitrogen and oxygen atoms in total. The van der Waals surface area contributed by atoms with Crippen molar-refractivity contribution >= 4 is 48.8 Å². The van der Waals surface area contributed by atoms with Crippen molar-refractivity contribution in [2.75, 3.05) is 0 Å². The van der Waals surface area contributed by atoms with Crippen molar-refractivity contribution in [1.82, 2.24) is 0 Å². The zero-order chi connectivity index (χ0) is 5.70. The van der Waals surface area contributed by atoms with Crippen LogP contribution in [0.2, 0.25) is 0 Å². The summed E-state index contributed by atoms with van der Waals surface area (Å²) in [6.07, 6.45) is 3.10. The van der Waals surface area contributed by atoms with E-state index in [1.807, 2.05) is 0 Å². The summed E-state index contributed by atoms with van der Waals surface area (Å²) >= 11 is 0.433. The summed E-state index contributed by atoms with van der Waals surface area (Å²) < 4.78 is 0.495. The van der Waals surface area contributed by atoms with Gasteiger partial charge in [0.05, 0.1) is 0 Å². The quantitative estimate of drug-likeness (QED) is 0.510. The monoisotopic (exact) mass is 124 g/mol. The molecule has 0 aromatic carbocycles. The number of hydrogen-bond donors (Lipinski definition) is 0. The molecule has 0 amide bonds. The van der Waals surface area contributed by atoms with E-state index in [4.69, 9.17) is 0 Å². The predicted molar refractivity (Wildman–Crippen MR) is 30.3 cm³/mol. The molecule has 0 aliphatic carbocycles. The van der Waals surface area contributed by atoms with Crippen LogP contribution in [0.4, 0.5) is 0 Å². The molecule has 0 unspecified atom stereocenters. The molecule has 0 fully saturated rings. The molecule has 0 heterocycles. The maximum absolute atomic E-state index is 10.3. The van der Waals surface area contributed by atoms with Crippen molar-refractivity contribution in [3.63, 3.8) is 0 Å². The molecule has 0 saturated heterocycles. The maximum atomic E-state index is 10.3. The second-order valence-corrected chi connectivity index (χ2v) is 3.55. The van der Waals surface area contributed by atoms with Crippen LogP contribution in [-0.4, -0.2) is 48.8 Å². The van der Waals surface area contributed by atoms with E-state index < -0.39 is 0 Å². The van der Waals surface area contributed by atoms with Gasteiger partial charge in [0.1, 0.15) is 0 Å². The molecule has 0 N–H and O–H groups in total. The first-order valence-electron chi connectivity index (χ1n) is 2.76. The Morgan fingerprint density at radius 1 is 1.71 bits per heavy atom. The molecule has 2 heteroatoms. The van der Waals surface area contributed by atoms with E-state index in [1.54, 1.807) is 0 Å². The second kappa shape index (κ2) is 5.44. The molecular formula is C5H9KO. The van der Waals surface area contributed by atoms with Crippen molar-refractivity contribution in [2.45, 2.75) is 26.2 Å². The van der Waals surface area contributed by atoms with E-state index in [9.17, 15) is 4.79 Å². The zero-order valence-electron chi connectivity index (χ0n) is 5.03. The van der Waals surface area contributed by atoms with Gasteiger partial charge in [0.25, 0.3) is 0 Å². The Bertz CT molecular complexity index is 61.1. The first-order chi connectivity index (χ1) is 3.27. The topological polar surface area (TPSA) is 17.1 Å². The Labute approximate surface area is 78.4 Å². The third-order valence-corrected chi connectivity index (χ3v) is 1.66. The fourth-order valence-electron chi connectivity index (χ4n) is 0.426. The van der Waals surface area contributed by atoms with Crippen LogP contribution in [-0.2, 0) is 4.79 Å². The molecule has 0 radical (unpaired) electrons. The van der Waals surface area contributed by atoms with Gasteiger partial charge in [-0.15, -0.1) is 0 Å². The van der Waals surface area contributed by atoms with Crippen LogP contribution in [0.5, 0.6) is 0 Å². The van der Waals surface area contributed by atoms with E-state index in [0.29, 0.717) is 48.8 Å². The van der Waals surface area contributed by atoms with E-state index in [1.165, 1.54) is 0 Å². The Balaban J connectivity index is 2.82. The summed E-state index contributed by atoms with van der Waals surface area (Å²) in [7, 11) is 0. The van der Waals surface area contributed by atoms with Gasteiger partial charge >= 0.3 is 79.8 Å². The van der Waals surface area contributed by atoms with Crippen LogP contribution in [0, 0.1) is 0 Å². The van der Waals surface area contributed by atoms with E-state index in [0.717, 1.165) is 19.3 Å². The molecule has 0 atom stereocenters. The Morgan fingerprint density at radius 2 is 2.29 bits per heavy atom. The van der Waals surface area contributed by atoms with Crippen LogP contribution in [0.1, 0.15) is 26.2 Å². The molecule has 0 aromatic heterocycles. The van der Waals surface area contributed by atoms with Gasteiger partial charge in [0.15, 0.2) is 0 Å². The minimum atomic E-state index is 0.433. The summed E-state index contributed by atoms with van der Waals surface area (Å²) in [5.74, 6) is 0. The fourth-order valence-corrected chi connectivity index (χ4v) is 0.978. The van der Waals surface area contributed by atoms with Crippen LogP contribution in [0.15, 0.2) is 0 Å². The van der Waals surface area contributed by atoms with E-state index in [-0.39, 0.29) is 0 Å². The van der Waals surface area contributed by atoms with Crippen LogP contribution < -0.4 is 0 Å². The third kappa shape index (κ3) is 7.31. The van der Waals surface area contributed by atoms with Gasteiger partial charge in [-0.2, -0.15) is 0 Å². The van der Waals surface area contributed by atoms with Crippen molar-refractivity contribution in [2.24, 2.45) is 0 Å². The van der Waals surface area contributed by atoms with Crippen molar-refractivity contribution in [3.05, 3.63) is 0 Å². The first kappa shape index (κ1) is 8.31. The number of carbonyl (C=O) groups excluding carboxylic acids is 1. The summed E-state index contributed by atoms with van der Waals surface area (Å²) in [6, 6.07) is 0. The van der Waals surface area contributed by atoms with Gasteiger partial charge in [-0.3, -0.25) is 0 Å². The van der Waals surface area contributed by atoms with Gasteiger partial charge in [0.2, 0.25) is 0 Å². The van der Waals surface area contributed by atoms with Gasteiger partial charge in [-0.05, 0) is 0 Å². The van der Waals surface area contributed by atoms with Crippen molar-refractivity contribution < 1.29 is 4.79 Å². The average molecular weight is 124 g/mol. The molecule has 0 spiro atoms. The predicted octanol–water partition coefficient (Wildman–Crippen LogP) is 0.872. The normalized spacial score (nSPS) is 9.00. The molecule has 0 aliphatic heterocycles. The zero-order valence-corrected chi connectivity index (χ0v) is 8.15. The Kier molecular flexibility index (Phi) is 6.46. The number of hydrogen-bond acceptors (Lipinski definition) is 1. The molecule has 7 heavy (non-hydrogen) atoms. The third-order valence-electron chi connectivity index (χ3n) is 0.882. The van der Waals surface area contributed by atoms with Crippen LogP contribution in [0.3, 0.4) is 0 Å². The first-order valence-corrected chi connectivity index (χ1v) is 4.33. The van der Waals surface area contributed by atoms with Crippen molar-refractivity contribution in [1.29, 1.82) is 0 Å². The fraction of sp³-hybridized carbons (Fsp3) is 0.800. The summed E-state index contributed by atoms with van der Waals surface area (Å²) in [5, 5.41) is 0. The van der Waals surface area contributed by atoms with Crippen LogP contribution in [0.25, 0.3) is 0 Å². The summed E-state index contributed by atoms with van der Waals surface area (Å²) in [6.45, 7) is 2.11. The average Bonchev–Trinajstić information content (AvgIpc) is 1.61. The molecule has 0 aliphatic rings. The van der Waals surface area contributed by atoms with Gasteiger partial charge < -0.3 is 0 Å². The standard InChI is InChI=1S/C5H9O.K/c1-2-3-4-5-6;/h2-4H2,1H3;. The molecule has 0 saturated carbocycles. The molecule has 0 bridgehead atoms. The number of rotatable bonds is 3. The second-order valence-electron chi connectivity index (χ2n) is 1.81. The number of unbranched alkanes of at least 4 members (excludes halogenated alkanes) is 1. The van der Waals surface area contributed by atoms with E-state index in [2.05, 4.69) is 6.92 Å². The Hall–Kier alpha value is 1.31. The molecule has 0 rings (SSSR count). The van der Waals surface area contributed by atoms with Crippen LogP contribution >= 0.6 is 0 Å². The molecular weight excluding hydrogens is 115 g/mol. The van der Waals surface area contributed by atoms with Crippen molar-refractivity contribution in [3.8, 4) is 0 Å². The molecule has 0 aromatic rings. The number of carbonyl (C=O) groups is 1. The van der Waals surface area contributed by atoms with Gasteiger partial charge in [-0.1, -0.05) is 0 Å². The Morgan fingerprint density at radius 3 is 2.43 bits per heavy atom. The summed E-state index contributed by atoms with van der Waals surface area (Å²) in [4.78, 5) is 10.3. The van der Waals surface area contributed by atoms with Gasteiger partial charge in [0, 0.05) is 0 Å². The summed E-state index contributed by atoms with van der Waals surface area (Å²) in [5.41, 5.74) is 0. The minimum absolute atomic E-state index is 0.433. The molecule has 36 valence electrons. The SMILES string of the molecule is CCCC[C](=O)[K].